The summed E-state index contributed by atoms with van der Waals surface area (Å²) in [5.74, 6) is 0.712. The van der Waals surface area contributed by atoms with Crippen LogP contribution in [0.4, 0.5) is 0 Å². The van der Waals surface area contributed by atoms with Gasteiger partial charge in [0.15, 0.2) is 0 Å². The predicted octanol–water partition coefficient (Wildman–Crippen LogP) is 3.65. The summed E-state index contributed by atoms with van der Waals surface area (Å²) in [6.45, 7) is 0. The number of halogens is 2. The Morgan fingerprint density at radius 1 is 1.53 bits per heavy atom. The van der Waals surface area contributed by atoms with Gasteiger partial charge in [0.25, 0.3) is 0 Å². The van der Waals surface area contributed by atoms with Crippen molar-refractivity contribution in [2.45, 2.75) is 17.2 Å². The van der Waals surface area contributed by atoms with Crippen LogP contribution in [0.5, 0.6) is 0 Å². The van der Waals surface area contributed by atoms with E-state index in [0.29, 0.717) is 17.6 Å². The molecule has 1 aromatic rings. The number of benzene rings is 1. The number of hydrogen-bond donors (Lipinski definition) is 0. The van der Waals surface area contributed by atoms with Gasteiger partial charge in [-0.3, -0.25) is 4.79 Å². The molecule has 0 aliphatic heterocycles. The second-order valence-corrected chi connectivity index (χ2v) is 4.80. The molecule has 0 heterocycles. The van der Waals surface area contributed by atoms with Gasteiger partial charge in [0.2, 0.25) is 0 Å². The molecule has 82 valence electrons. The van der Waals surface area contributed by atoms with Gasteiger partial charge in [-0.2, -0.15) is 0 Å². The number of ketones is 1. The zero-order valence-electron chi connectivity index (χ0n) is 8.43. The van der Waals surface area contributed by atoms with Crippen LogP contribution in [0.2, 0.25) is 0 Å². The summed E-state index contributed by atoms with van der Waals surface area (Å²) in [6.07, 6.45) is 2.50. The summed E-state index contributed by atoms with van der Waals surface area (Å²) in [5.41, 5.74) is 2.18. The van der Waals surface area contributed by atoms with E-state index in [4.69, 9.17) is 11.6 Å². The minimum Gasteiger partial charge on any atom is -0.298 e. The first-order chi connectivity index (χ1) is 7.21. The molecule has 0 aliphatic carbocycles. The van der Waals surface area contributed by atoms with Gasteiger partial charge in [-0.15, -0.1) is 23.4 Å². The van der Waals surface area contributed by atoms with Crippen LogP contribution in [0.15, 0.2) is 23.1 Å². The van der Waals surface area contributed by atoms with Gasteiger partial charge in [-0.1, -0.05) is 28.1 Å². The highest BCUT2D eigenvalue weighted by Crippen LogP contribution is 2.23. The third kappa shape index (κ3) is 3.82. The Labute approximate surface area is 108 Å². The molecular formula is C11H12BrClOS. The van der Waals surface area contributed by atoms with E-state index < -0.39 is 0 Å². The number of rotatable bonds is 5. The van der Waals surface area contributed by atoms with Crippen molar-refractivity contribution < 1.29 is 4.79 Å². The molecular weight excluding hydrogens is 296 g/mol. The minimum atomic E-state index is 0.198. The Morgan fingerprint density at radius 2 is 2.27 bits per heavy atom. The second-order valence-electron chi connectivity index (χ2n) is 3.13. The first-order valence-electron chi connectivity index (χ1n) is 4.50. The molecule has 4 heteroatoms. The lowest BCUT2D eigenvalue weighted by atomic mass is 10.1. The molecule has 0 radical (unpaired) electrons. The Balaban J connectivity index is 2.92. The van der Waals surface area contributed by atoms with Gasteiger partial charge in [0, 0.05) is 17.2 Å². The summed E-state index contributed by atoms with van der Waals surface area (Å²) in [4.78, 5) is 12.5. The molecule has 0 fully saturated rings. The zero-order valence-corrected chi connectivity index (χ0v) is 11.6. The monoisotopic (exact) mass is 306 g/mol. The van der Waals surface area contributed by atoms with Crippen LogP contribution in [0.3, 0.4) is 0 Å². The van der Waals surface area contributed by atoms with Crippen LogP contribution >= 0.6 is 39.3 Å². The van der Waals surface area contributed by atoms with Gasteiger partial charge in [-0.05, 0) is 23.4 Å². The van der Waals surface area contributed by atoms with Crippen LogP contribution in [0.1, 0.15) is 11.1 Å². The maximum Gasteiger partial charge on any atom is 0.147 e. The molecule has 1 nitrogen and oxygen atoms in total. The molecule has 15 heavy (non-hydrogen) atoms. The largest absolute Gasteiger partial charge is 0.298 e. The van der Waals surface area contributed by atoms with Crippen LogP contribution in [-0.2, 0) is 17.1 Å². The summed E-state index contributed by atoms with van der Waals surface area (Å²) in [6, 6.07) is 6.02. The summed E-state index contributed by atoms with van der Waals surface area (Å²) in [7, 11) is 0. The molecule has 0 unspecified atom stereocenters. The maximum atomic E-state index is 11.3. The summed E-state index contributed by atoms with van der Waals surface area (Å²) >= 11 is 10.6. The van der Waals surface area contributed by atoms with Crippen LogP contribution in [0, 0.1) is 0 Å². The van der Waals surface area contributed by atoms with Crippen molar-refractivity contribution in [1.82, 2.24) is 0 Å². The van der Waals surface area contributed by atoms with Crippen molar-refractivity contribution in [1.29, 1.82) is 0 Å². The van der Waals surface area contributed by atoms with Crippen LogP contribution < -0.4 is 0 Å². The highest BCUT2D eigenvalue weighted by atomic mass is 79.9. The third-order valence-corrected chi connectivity index (χ3v) is 3.80. The van der Waals surface area contributed by atoms with E-state index in [1.165, 1.54) is 0 Å². The molecule has 0 bridgehead atoms. The molecule has 1 aromatic carbocycles. The Hall–Kier alpha value is 0.01000. The molecule has 0 aliphatic rings. The van der Waals surface area contributed by atoms with E-state index in [0.717, 1.165) is 16.0 Å². The fourth-order valence-electron chi connectivity index (χ4n) is 1.28. The number of thioether (sulfide) groups is 1. The lowest BCUT2D eigenvalue weighted by Gasteiger charge is -2.07. The second kappa shape index (κ2) is 6.56. The smallest absolute Gasteiger partial charge is 0.147 e. The first-order valence-corrected chi connectivity index (χ1v) is 7.38. The van der Waals surface area contributed by atoms with Crippen molar-refractivity contribution in [3.8, 4) is 0 Å². The highest BCUT2D eigenvalue weighted by molar-refractivity contribution is 9.09. The SMILES string of the molecule is CSc1cc(CCl)ccc1CC(=O)CBr. The topological polar surface area (TPSA) is 17.1 Å². The Bertz CT molecular complexity index is 354. The Kier molecular flexibility index (Phi) is 5.72. The van der Waals surface area contributed by atoms with Crippen molar-refractivity contribution in [2.24, 2.45) is 0 Å². The van der Waals surface area contributed by atoms with E-state index in [1.54, 1.807) is 11.8 Å². The predicted molar refractivity (Wildman–Crippen MR) is 70.3 cm³/mol. The van der Waals surface area contributed by atoms with E-state index in [2.05, 4.69) is 22.0 Å². The first kappa shape index (κ1) is 13.1. The number of carbonyl (C=O) groups excluding carboxylic acids is 1. The van der Waals surface area contributed by atoms with Crippen molar-refractivity contribution in [3.05, 3.63) is 29.3 Å². The average Bonchev–Trinajstić information content (AvgIpc) is 2.29. The number of alkyl halides is 2. The van der Waals surface area contributed by atoms with E-state index in [1.807, 2.05) is 18.4 Å². The maximum absolute atomic E-state index is 11.3. The molecule has 0 N–H and O–H groups in total. The van der Waals surface area contributed by atoms with Gasteiger partial charge < -0.3 is 0 Å². The Morgan fingerprint density at radius 3 is 2.80 bits per heavy atom. The number of Topliss-reactive ketones (excluding diaryl/α,β-unsaturated/α-hetero) is 1. The fourth-order valence-corrected chi connectivity index (χ4v) is 2.31. The van der Waals surface area contributed by atoms with E-state index in [9.17, 15) is 4.79 Å². The lowest BCUT2D eigenvalue weighted by molar-refractivity contribution is -0.115. The van der Waals surface area contributed by atoms with Crippen molar-refractivity contribution in [2.75, 3.05) is 11.6 Å². The minimum absolute atomic E-state index is 0.198. The van der Waals surface area contributed by atoms with Gasteiger partial charge in [-0.25, -0.2) is 0 Å². The normalized spacial score (nSPS) is 10.3. The molecule has 1 rings (SSSR count). The molecule has 0 atom stereocenters. The molecule has 0 saturated heterocycles. The molecule has 0 amide bonds. The number of carbonyl (C=O) groups is 1. The quantitative estimate of drug-likeness (QED) is 0.610. The fraction of sp³-hybridized carbons (Fsp3) is 0.364. The van der Waals surface area contributed by atoms with Crippen LogP contribution in [-0.4, -0.2) is 17.4 Å². The average molecular weight is 308 g/mol. The standard InChI is InChI=1S/C11H12BrClOS/c1-15-11-4-8(7-13)2-3-9(11)5-10(14)6-12/h2-4H,5-7H2,1H3. The summed E-state index contributed by atoms with van der Waals surface area (Å²) < 4.78 is 0. The van der Waals surface area contributed by atoms with Crippen molar-refractivity contribution in [3.63, 3.8) is 0 Å². The third-order valence-electron chi connectivity index (χ3n) is 2.04. The number of hydrogen-bond acceptors (Lipinski definition) is 2. The lowest BCUT2D eigenvalue weighted by Crippen LogP contribution is -2.04. The molecule has 0 spiro atoms. The van der Waals surface area contributed by atoms with Gasteiger partial charge >= 0.3 is 0 Å². The van der Waals surface area contributed by atoms with Gasteiger partial charge in [0.1, 0.15) is 5.78 Å². The van der Waals surface area contributed by atoms with Crippen molar-refractivity contribution >= 4 is 45.1 Å². The highest BCUT2D eigenvalue weighted by Gasteiger charge is 2.07. The molecule has 0 saturated carbocycles. The van der Waals surface area contributed by atoms with Gasteiger partial charge in [0.05, 0.1) is 5.33 Å². The molecule has 0 aromatic heterocycles. The van der Waals surface area contributed by atoms with Crippen LogP contribution in [0.25, 0.3) is 0 Å². The van der Waals surface area contributed by atoms with E-state index in [-0.39, 0.29) is 5.78 Å². The summed E-state index contributed by atoms with van der Waals surface area (Å²) in [5, 5.41) is 0.415. The zero-order chi connectivity index (χ0) is 11.3. The van der Waals surface area contributed by atoms with E-state index >= 15 is 0 Å².